The number of methoxy groups -OCH3 is 2. The number of carbonyl (C=O) groups excluding carboxylic acids is 1. The zero-order valence-electron chi connectivity index (χ0n) is 17.2. The van der Waals surface area contributed by atoms with E-state index < -0.39 is 22.5 Å². The van der Waals surface area contributed by atoms with Crippen LogP contribution in [0.15, 0.2) is 71.6 Å². The summed E-state index contributed by atoms with van der Waals surface area (Å²) in [7, 11) is -1.15. The molecule has 0 saturated carbocycles. The van der Waals surface area contributed by atoms with Crippen molar-refractivity contribution in [1.82, 2.24) is 0 Å². The molecule has 32 heavy (non-hydrogen) atoms. The van der Waals surface area contributed by atoms with Crippen LogP contribution in [0.25, 0.3) is 0 Å². The molecular weight excluding hydrogens is 475 g/mol. The van der Waals surface area contributed by atoms with E-state index in [0.717, 1.165) is 4.31 Å². The summed E-state index contributed by atoms with van der Waals surface area (Å²) in [6, 6.07) is 17.1. The Balaban J connectivity index is 1.96. The molecule has 0 aliphatic rings. The SMILES string of the molecule is COc1ccc(NC(=O)CN(c2cccc(Cl)c2Cl)S(=O)(=O)c2ccccc2)cc1OC. The zero-order valence-corrected chi connectivity index (χ0v) is 19.5. The van der Waals surface area contributed by atoms with Crippen molar-refractivity contribution in [3.8, 4) is 11.5 Å². The third-order valence-electron chi connectivity index (χ3n) is 4.49. The fraction of sp³-hybridized carbons (Fsp3) is 0.136. The van der Waals surface area contributed by atoms with Crippen LogP contribution in [0.4, 0.5) is 11.4 Å². The standard InChI is InChI=1S/C22H20Cl2N2O5S/c1-30-19-12-11-15(13-20(19)31-2)25-21(27)14-26(18-10-6-9-17(23)22(18)24)32(28,29)16-7-4-3-5-8-16/h3-13H,14H2,1-2H3,(H,25,27). The van der Waals surface area contributed by atoms with Crippen molar-refractivity contribution in [1.29, 1.82) is 0 Å². The first kappa shape index (κ1) is 23.7. The van der Waals surface area contributed by atoms with E-state index in [-0.39, 0.29) is 20.6 Å². The van der Waals surface area contributed by atoms with Crippen molar-refractivity contribution in [3.05, 3.63) is 76.8 Å². The molecule has 1 amide bonds. The topological polar surface area (TPSA) is 84.9 Å². The molecule has 0 heterocycles. The molecular formula is C22H20Cl2N2O5S. The molecule has 0 atom stereocenters. The first-order valence-electron chi connectivity index (χ1n) is 9.31. The van der Waals surface area contributed by atoms with Gasteiger partial charge in [0, 0.05) is 11.8 Å². The molecule has 0 spiro atoms. The molecule has 10 heteroatoms. The van der Waals surface area contributed by atoms with E-state index in [2.05, 4.69) is 5.32 Å². The normalized spacial score (nSPS) is 11.0. The average molecular weight is 495 g/mol. The Morgan fingerprint density at radius 1 is 0.938 bits per heavy atom. The number of sulfonamides is 1. The number of halogens is 2. The molecule has 0 unspecified atom stereocenters. The minimum Gasteiger partial charge on any atom is -0.493 e. The van der Waals surface area contributed by atoms with E-state index in [1.54, 1.807) is 42.5 Å². The maximum absolute atomic E-state index is 13.4. The van der Waals surface area contributed by atoms with Crippen molar-refractivity contribution in [2.24, 2.45) is 0 Å². The summed E-state index contributed by atoms with van der Waals surface area (Å²) < 4.78 is 38.1. The van der Waals surface area contributed by atoms with Crippen LogP contribution in [0.5, 0.6) is 11.5 Å². The summed E-state index contributed by atoms with van der Waals surface area (Å²) in [4.78, 5) is 12.9. The quantitative estimate of drug-likeness (QED) is 0.483. The van der Waals surface area contributed by atoms with Gasteiger partial charge in [0.15, 0.2) is 11.5 Å². The average Bonchev–Trinajstić information content (AvgIpc) is 2.80. The second-order valence-electron chi connectivity index (χ2n) is 6.52. The van der Waals surface area contributed by atoms with Gasteiger partial charge in [-0.1, -0.05) is 47.5 Å². The van der Waals surface area contributed by atoms with Crippen molar-refractivity contribution < 1.29 is 22.7 Å². The highest BCUT2D eigenvalue weighted by atomic mass is 35.5. The Kier molecular flexibility index (Phi) is 7.50. The lowest BCUT2D eigenvalue weighted by Gasteiger charge is -2.25. The fourth-order valence-corrected chi connectivity index (χ4v) is 4.85. The van der Waals surface area contributed by atoms with Crippen molar-refractivity contribution in [3.63, 3.8) is 0 Å². The molecule has 7 nitrogen and oxygen atoms in total. The molecule has 168 valence electrons. The molecule has 0 aliphatic carbocycles. The van der Waals surface area contributed by atoms with Crippen LogP contribution in [-0.4, -0.2) is 35.1 Å². The number of ether oxygens (including phenoxy) is 2. The Hall–Kier alpha value is -2.94. The minimum atomic E-state index is -4.12. The van der Waals surface area contributed by atoms with Gasteiger partial charge in [0.25, 0.3) is 10.0 Å². The minimum absolute atomic E-state index is 0.00922. The first-order valence-corrected chi connectivity index (χ1v) is 11.5. The largest absolute Gasteiger partial charge is 0.493 e. The number of carbonyl (C=O) groups is 1. The number of nitrogens with one attached hydrogen (secondary N) is 1. The summed E-state index contributed by atoms with van der Waals surface area (Å²) in [6.07, 6.45) is 0. The van der Waals surface area contributed by atoms with E-state index in [4.69, 9.17) is 32.7 Å². The third kappa shape index (κ3) is 5.09. The highest BCUT2D eigenvalue weighted by Crippen LogP contribution is 2.35. The van der Waals surface area contributed by atoms with E-state index in [1.807, 2.05) is 0 Å². The number of benzene rings is 3. The highest BCUT2D eigenvalue weighted by molar-refractivity contribution is 7.92. The predicted octanol–water partition coefficient (Wildman–Crippen LogP) is 4.84. The van der Waals surface area contributed by atoms with Crippen LogP contribution in [0.2, 0.25) is 10.0 Å². The monoisotopic (exact) mass is 494 g/mol. The van der Waals surface area contributed by atoms with E-state index in [9.17, 15) is 13.2 Å². The van der Waals surface area contributed by atoms with Crippen molar-refractivity contribution in [2.45, 2.75) is 4.90 Å². The van der Waals surface area contributed by atoms with Gasteiger partial charge in [-0.05, 0) is 36.4 Å². The lowest BCUT2D eigenvalue weighted by molar-refractivity contribution is -0.114. The van der Waals surface area contributed by atoms with Gasteiger partial charge >= 0.3 is 0 Å². The molecule has 1 N–H and O–H groups in total. The van der Waals surface area contributed by atoms with E-state index in [0.29, 0.717) is 17.2 Å². The van der Waals surface area contributed by atoms with Crippen LogP contribution in [0, 0.1) is 0 Å². The molecule has 0 aromatic heterocycles. The van der Waals surface area contributed by atoms with Gasteiger partial charge < -0.3 is 14.8 Å². The van der Waals surface area contributed by atoms with Crippen LogP contribution in [0.3, 0.4) is 0 Å². The number of hydrogen-bond donors (Lipinski definition) is 1. The smallest absolute Gasteiger partial charge is 0.264 e. The Bertz CT molecular complexity index is 1220. The molecule has 0 fully saturated rings. The van der Waals surface area contributed by atoms with Gasteiger partial charge in [-0.25, -0.2) is 8.42 Å². The van der Waals surface area contributed by atoms with Gasteiger partial charge in [0.05, 0.1) is 34.8 Å². The van der Waals surface area contributed by atoms with Gasteiger partial charge in [-0.3, -0.25) is 9.10 Å². The Morgan fingerprint density at radius 2 is 1.62 bits per heavy atom. The van der Waals surface area contributed by atoms with Gasteiger partial charge in [-0.2, -0.15) is 0 Å². The van der Waals surface area contributed by atoms with Crippen LogP contribution in [0.1, 0.15) is 0 Å². The number of nitrogens with zero attached hydrogens (tertiary/aromatic N) is 1. The number of hydrogen-bond acceptors (Lipinski definition) is 5. The second-order valence-corrected chi connectivity index (χ2v) is 9.16. The lowest BCUT2D eigenvalue weighted by atomic mass is 10.2. The van der Waals surface area contributed by atoms with Crippen LogP contribution in [-0.2, 0) is 14.8 Å². The third-order valence-corrected chi connectivity index (χ3v) is 7.07. The summed E-state index contributed by atoms with van der Waals surface area (Å²) in [6.45, 7) is -0.536. The summed E-state index contributed by atoms with van der Waals surface area (Å²) >= 11 is 12.4. The maximum Gasteiger partial charge on any atom is 0.264 e. The van der Waals surface area contributed by atoms with E-state index in [1.165, 1.54) is 38.5 Å². The molecule has 3 aromatic carbocycles. The lowest BCUT2D eigenvalue weighted by Crippen LogP contribution is -2.38. The van der Waals surface area contributed by atoms with Gasteiger partial charge in [-0.15, -0.1) is 0 Å². The highest BCUT2D eigenvalue weighted by Gasteiger charge is 2.29. The maximum atomic E-state index is 13.4. The van der Waals surface area contributed by atoms with Crippen molar-refractivity contribution in [2.75, 3.05) is 30.4 Å². The first-order chi connectivity index (χ1) is 15.3. The second kappa shape index (κ2) is 10.1. The van der Waals surface area contributed by atoms with Gasteiger partial charge in [0.2, 0.25) is 5.91 Å². The number of anilines is 2. The molecule has 0 radical (unpaired) electrons. The summed E-state index contributed by atoms with van der Waals surface area (Å²) in [5.41, 5.74) is 0.493. The van der Waals surface area contributed by atoms with Gasteiger partial charge in [0.1, 0.15) is 6.54 Å². The summed E-state index contributed by atoms with van der Waals surface area (Å²) in [5, 5.41) is 2.85. The Labute approximate surface area is 196 Å². The molecule has 0 bridgehead atoms. The molecule has 0 saturated heterocycles. The Morgan fingerprint density at radius 3 is 2.28 bits per heavy atom. The molecule has 3 rings (SSSR count). The number of rotatable bonds is 8. The zero-order chi connectivity index (χ0) is 23.3. The van der Waals surface area contributed by atoms with Crippen molar-refractivity contribution >= 4 is 50.5 Å². The van der Waals surface area contributed by atoms with E-state index >= 15 is 0 Å². The molecule has 3 aromatic rings. The fourth-order valence-electron chi connectivity index (χ4n) is 2.95. The molecule has 0 aliphatic heterocycles. The van der Waals surface area contributed by atoms with Crippen LogP contribution < -0.4 is 19.1 Å². The number of amides is 1. The van der Waals surface area contributed by atoms with Crippen LogP contribution >= 0.6 is 23.2 Å². The predicted molar refractivity (Wildman–Crippen MR) is 126 cm³/mol. The summed E-state index contributed by atoms with van der Waals surface area (Å²) in [5.74, 6) is 0.314.